The highest BCUT2D eigenvalue weighted by Gasteiger charge is 2.23. The predicted molar refractivity (Wildman–Crippen MR) is 102 cm³/mol. The van der Waals surface area contributed by atoms with Gasteiger partial charge in [-0.05, 0) is 50.0 Å². The van der Waals surface area contributed by atoms with E-state index in [0.29, 0.717) is 17.2 Å². The Morgan fingerprint density at radius 1 is 1.19 bits per heavy atom. The molecule has 1 aliphatic heterocycles. The van der Waals surface area contributed by atoms with Gasteiger partial charge < -0.3 is 19.1 Å². The molecule has 27 heavy (non-hydrogen) atoms. The number of nitrogens with one attached hydrogen (secondary N) is 1. The van der Waals surface area contributed by atoms with Crippen LogP contribution in [0, 0.1) is 0 Å². The Balaban J connectivity index is 1.78. The Bertz CT molecular complexity index is 933. The molecule has 146 valence electrons. The van der Waals surface area contributed by atoms with E-state index in [1.165, 1.54) is 25.3 Å². The Morgan fingerprint density at radius 2 is 1.93 bits per heavy atom. The fourth-order valence-electron chi connectivity index (χ4n) is 2.81. The number of nitrogens with zero attached hydrogens (tertiary/aromatic N) is 1. The number of likely N-dealkylation sites (N-methyl/N-ethyl adjacent to an activating group) is 1. The van der Waals surface area contributed by atoms with Gasteiger partial charge in [0, 0.05) is 12.6 Å². The Hall–Kier alpha value is -2.00. The largest absolute Gasteiger partial charge is 0.495 e. The van der Waals surface area contributed by atoms with E-state index >= 15 is 0 Å². The van der Waals surface area contributed by atoms with Crippen molar-refractivity contribution in [3.05, 3.63) is 47.0 Å². The fraction of sp³-hybridized carbons (Fsp3) is 0.333. The molecule has 0 aliphatic carbocycles. The van der Waals surface area contributed by atoms with Crippen LogP contribution < -0.4 is 18.9 Å². The number of hydrogen-bond acceptors (Lipinski definition) is 6. The van der Waals surface area contributed by atoms with E-state index in [-0.39, 0.29) is 29.3 Å². The van der Waals surface area contributed by atoms with Gasteiger partial charge in [0.15, 0.2) is 11.5 Å². The molecule has 0 radical (unpaired) electrons. The van der Waals surface area contributed by atoms with Crippen molar-refractivity contribution in [2.24, 2.45) is 0 Å². The van der Waals surface area contributed by atoms with Crippen LogP contribution in [0.5, 0.6) is 17.2 Å². The summed E-state index contributed by atoms with van der Waals surface area (Å²) in [5.74, 6) is 1.76. The molecule has 0 bridgehead atoms. The summed E-state index contributed by atoms with van der Waals surface area (Å²) in [4.78, 5) is 2.01. The number of benzene rings is 2. The maximum atomic E-state index is 12.7. The maximum absolute atomic E-state index is 12.7. The molecule has 0 aromatic heterocycles. The van der Waals surface area contributed by atoms with Crippen molar-refractivity contribution in [3.8, 4) is 17.2 Å². The van der Waals surface area contributed by atoms with Crippen molar-refractivity contribution in [2.75, 3.05) is 34.5 Å². The van der Waals surface area contributed by atoms with Gasteiger partial charge in [-0.2, -0.15) is 0 Å². The van der Waals surface area contributed by atoms with Crippen LogP contribution in [0.15, 0.2) is 41.3 Å². The first-order valence-corrected chi connectivity index (χ1v) is 10.1. The van der Waals surface area contributed by atoms with Crippen LogP contribution in [-0.4, -0.2) is 47.9 Å². The van der Waals surface area contributed by atoms with Crippen LogP contribution in [0.25, 0.3) is 0 Å². The van der Waals surface area contributed by atoms with Crippen molar-refractivity contribution in [1.29, 1.82) is 0 Å². The number of halogens is 1. The van der Waals surface area contributed by atoms with E-state index in [1.807, 2.05) is 37.2 Å². The zero-order valence-electron chi connectivity index (χ0n) is 15.2. The normalized spacial score (nSPS) is 14.4. The third kappa shape index (κ3) is 4.30. The molecule has 7 nitrogen and oxygen atoms in total. The van der Waals surface area contributed by atoms with E-state index in [4.69, 9.17) is 25.8 Å². The Labute approximate surface area is 163 Å². The molecule has 1 atom stereocenters. The lowest BCUT2D eigenvalue weighted by atomic mass is 10.1. The van der Waals surface area contributed by atoms with Crippen LogP contribution >= 0.6 is 11.6 Å². The molecular formula is C18H21ClN2O5S. The minimum atomic E-state index is -3.73. The number of ether oxygens (including phenoxy) is 3. The summed E-state index contributed by atoms with van der Waals surface area (Å²) in [6.45, 7) is 0.370. The minimum absolute atomic E-state index is 0.0801. The summed E-state index contributed by atoms with van der Waals surface area (Å²) in [5, 5.41) is 0.236. The highest BCUT2D eigenvalue weighted by Crippen LogP contribution is 2.35. The molecule has 1 aliphatic rings. The van der Waals surface area contributed by atoms with Crippen LogP contribution in [0.1, 0.15) is 11.6 Å². The molecule has 1 heterocycles. The molecule has 0 unspecified atom stereocenters. The minimum Gasteiger partial charge on any atom is -0.495 e. The lowest BCUT2D eigenvalue weighted by Gasteiger charge is -2.25. The van der Waals surface area contributed by atoms with E-state index in [0.717, 1.165) is 5.56 Å². The highest BCUT2D eigenvalue weighted by atomic mass is 35.5. The smallest absolute Gasteiger partial charge is 0.240 e. The number of hydrogen-bond donors (Lipinski definition) is 1. The quantitative estimate of drug-likeness (QED) is 0.753. The highest BCUT2D eigenvalue weighted by molar-refractivity contribution is 7.89. The van der Waals surface area contributed by atoms with Gasteiger partial charge in [0.2, 0.25) is 16.8 Å². The second kappa shape index (κ2) is 7.93. The summed E-state index contributed by atoms with van der Waals surface area (Å²) in [6.07, 6.45) is 0. The summed E-state index contributed by atoms with van der Waals surface area (Å²) in [6, 6.07) is 9.75. The molecular weight excluding hydrogens is 392 g/mol. The number of rotatable bonds is 7. The van der Waals surface area contributed by atoms with Crippen molar-refractivity contribution in [1.82, 2.24) is 9.62 Å². The van der Waals surface area contributed by atoms with Crippen LogP contribution in [0.4, 0.5) is 0 Å². The predicted octanol–water partition coefficient (Wildman–Crippen LogP) is 2.66. The van der Waals surface area contributed by atoms with Gasteiger partial charge in [-0.15, -0.1) is 0 Å². The molecule has 0 saturated heterocycles. The lowest BCUT2D eigenvalue weighted by Crippen LogP contribution is -2.34. The van der Waals surface area contributed by atoms with Gasteiger partial charge in [-0.3, -0.25) is 0 Å². The summed E-state index contributed by atoms with van der Waals surface area (Å²) in [5.41, 5.74) is 0.916. The van der Waals surface area contributed by atoms with Crippen molar-refractivity contribution < 1.29 is 22.6 Å². The molecule has 9 heteroatoms. The number of sulfonamides is 1. The van der Waals surface area contributed by atoms with Gasteiger partial charge in [0.25, 0.3) is 0 Å². The third-order valence-electron chi connectivity index (χ3n) is 4.31. The Kier molecular flexibility index (Phi) is 5.81. The van der Waals surface area contributed by atoms with Crippen LogP contribution in [-0.2, 0) is 10.0 Å². The number of methoxy groups -OCH3 is 1. The van der Waals surface area contributed by atoms with Gasteiger partial charge in [0.05, 0.1) is 17.0 Å². The molecule has 2 aromatic rings. The van der Waals surface area contributed by atoms with Gasteiger partial charge in [0.1, 0.15) is 5.75 Å². The monoisotopic (exact) mass is 412 g/mol. The first-order valence-electron chi connectivity index (χ1n) is 8.21. The second-order valence-electron chi connectivity index (χ2n) is 6.24. The van der Waals surface area contributed by atoms with Gasteiger partial charge >= 0.3 is 0 Å². The average molecular weight is 413 g/mol. The summed E-state index contributed by atoms with van der Waals surface area (Å²) < 4.78 is 43.8. The second-order valence-corrected chi connectivity index (χ2v) is 8.41. The summed E-state index contributed by atoms with van der Waals surface area (Å²) >= 11 is 6.05. The van der Waals surface area contributed by atoms with Gasteiger partial charge in [-0.25, -0.2) is 13.1 Å². The maximum Gasteiger partial charge on any atom is 0.240 e. The van der Waals surface area contributed by atoms with Crippen LogP contribution in [0.2, 0.25) is 5.02 Å². The third-order valence-corrected chi connectivity index (χ3v) is 6.02. The zero-order chi connectivity index (χ0) is 19.6. The first-order chi connectivity index (χ1) is 12.8. The Morgan fingerprint density at radius 3 is 2.59 bits per heavy atom. The molecule has 0 amide bonds. The average Bonchev–Trinajstić information content (AvgIpc) is 3.09. The number of fused-ring (bicyclic) bond motifs is 1. The van der Waals surface area contributed by atoms with Crippen molar-refractivity contribution >= 4 is 21.6 Å². The van der Waals surface area contributed by atoms with Crippen molar-refractivity contribution in [3.63, 3.8) is 0 Å². The van der Waals surface area contributed by atoms with Gasteiger partial charge in [-0.1, -0.05) is 17.7 Å². The lowest BCUT2D eigenvalue weighted by molar-refractivity contribution is 0.174. The van der Waals surface area contributed by atoms with E-state index in [2.05, 4.69) is 4.72 Å². The van der Waals surface area contributed by atoms with E-state index in [9.17, 15) is 8.42 Å². The summed E-state index contributed by atoms with van der Waals surface area (Å²) in [7, 11) is 1.51. The zero-order valence-corrected chi connectivity index (χ0v) is 16.8. The molecule has 1 N–H and O–H groups in total. The standard InChI is InChI=1S/C18H21ClN2O5S/c1-21(2)15(12-4-6-17-18(8-12)26-11-25-17)10-20-27(22,23)13-5-7-16(24-3)14(19)9-13/h4-9,15,20H,10-11H2,1-3H3/t15-/m1/s1. The topological polar surface area (TPSA) is 77.1 Å². The SMILES string of the molecule is COc1ccc(S(=O)(=O)NC[C@H](c2ccc3c(c2)OCO3)N(C)C)cc1Cl. The van der Waals surface area contributed by atoms with E-state index in [1.54, 1.807) is 0 Å². The molecule has 0 saturated carbocycles. The molecule has 2 aromatic carbocycles. The molecule has 0 fully saturated rings. The molecule has 0 spiro atoms. The van der Waals surface area contributed by atoms with E-state index < -0.39 is 10.0 Å². The fourth-order valence-corrected chi connectivity index (χ4v) is 4.19. The van der Waals surface area contributed by atoms with Crippen LogP contribution in [0.3, 0.4) is 0 Å². The molecule has 3 rings (SSSR count). The van der Waals surface area contributed by atoms with Crippen molar-refractivity contribution in [2.45, 2.75) is 10.9 Å². The first kappa shape index (κ1) is 19.8.